The fourth-order valence-electron chi connectivity index (χ4n) is 2.45. The zero-order valence-electron chi connectivity index (χ0n) is 10.0. The van der Waals surface area contributed by atoms with Crippen molar-refractivity contribution in [1.29, 1.82) is 0 Å². The molecule has 0 aliphatic carbocycles. The van der Waals surface area contributed by atoms with Gasteiger partial charge < -0.3 is 15.6 Å². The second-order valence-corrected chi connectivity index (χ2v) is 5.26. The van der Waals surface area contributed by atoms with Gasteiger partial charge in [-0.3, -0.25) is 0 Å². The lowest BCUT2D eigenvalue weighted by Gasteiger charge is -2.40. The smallest absolute Gasteiger partial charge is 0.125 e. The highest BCUT2D eigenvalue weighted by Crippen LogP contribution is 2.40. The third-order valence-electron chi connectivity index (χ3n) is 3.54. The van der Waals surface area contributed by atoms with Gasteiger partial charge in [0.05, 0.1) is 12.7 Å². The van der Waals surface area contributed by atoms with E-state index in [0.717, 1.165) is 12.8 Å². The first-order chi connectivity index (χ1) is 8.57. The van der Waals surface area contributed by atoms with Crippen LogP contribution < -0.4 is 5.73 Å². The van der Waals surface area contributed by atoms with Crippen LogP contribution in [0, 0.1) is 11.2 Å². The fraction of sp³-hybridized carbons (Fsp3) is 0.538. The maximum atomic E-state index is 13.3. The summed E-state index contributed by atoms with van der Waals surface area (Å²) >= 11 is 5.81. The quantitative estimate of drug-likeness (QED) is 0.888. The van der Waals surface area contributed by atoms with E-state index in [9.17, 15) is 9.50 Å². The molecule has 2 unspecified atom stereocenters. The van der Waals surface area contributed by atoms with Gasteiger partial charge in [0, 0.05) is 23.6 Å². The summed E-state index contributed by atoms with van der Waals surface area (Å²) in [5, 5.41) is 10.7. The lowest BCUT2D eigenvalue weighted by Crippen LogP contribution is -2.43. The molecule has 1 aliphatic heterocycles. The third-order valence-corrected chi connectivity index (χ3v) is 3.76. The van der Waals surface area contributed by atoms with Crippen LogP contribution in [0.2, 0.25) is 5.02 Å². The van der Waals surface area contributed by atoms with E-state index in [0.29, 0.717) is 25.3 Å². The van der Waals surface area contributed by atoms with Crippen LogP contribution in [0.5, 0.6) is 0 Å². The Morgan fingerprint density at radius 1 is 1.50 bits per heavy atom. The zero-order valence-corrected chi connectivity index (χ0v) is 10.8. The van der Waals surface area contributed by atoms with E-state index in [1.54, 1.807) is 6.07 Å². The molecule has 1 heterocycles. The Hall–Kier alpha value is -0.680. The first-order valence-electron chi connectivity index (χ1n) is 5.99. The lowest BCUT2D eigenvalue weighted by molar-refractivity contribution is -0.0782. The van der Waals surface area contributed by atoms with E-state index < -0.39 is 17.3 Å². The fourth-order valence-corrected chi connectivity index (χ4v) is 2.68. The predicted octanol–water partition coefficient (Wildman–Crippen LogP) is 2.27. The number of halogens is 2. The van der Waals surface area contributed by atoms with E-state index in [4.69, 9.17) is 22.1 Å². The molecule has 1 fully saturated rings. The number of hydrogen-bond donors (Lipinski definition) is 2. The molecule has 100 valence electrons. The minimum atomic E-state index is -0.865. The van der Waals surface area contributed by atoms with Gasteiger partial charge in [-0.25, -0.2) is 4.39 Å². The second-order valence-electron chi connectivity index (χ2n) is 4.83. The molecular formula is C13H17ClFNO2. The third kappa shape index (κ3) is 2.67. The number of aliphatic hydroxyl groups is 1. The molecule has 1 saturated heterocycles. The summed E-state index contributed by atoms with van der Waals surface area (Å²) in [6.07, 6.45) is 0.742. The Labute approximate surface area is 111 Å². The molecule has 3 nitrogen and oxygen atoms in total. The van der Waals surface area contributed by atoms with Crippen LogP contribution in [-0.2, 0) is 4.74 Å². The molecule has 0 saturated carbocycles. The van der Waals surface area contributed by atoms with Crippen LogP contribution in [0.1, 0.15) is 24.5 Å². The summed E-state index contributed by atoms with van der Waals surface area (Å²) in [7, 11) is 0. The van der Waals surface area contributed by atoms with E-state index in [2.05, 4.69) is 0 Å². The minimum absolute atomic E-state index is 0.271. The minimum Gasteiger partial charge on any atom is -0.388 e. The number of rotatable bonds is 3. The molecule has 0 bridgehead atoms. The van der Waals surface area contributed by atoms with Gasteiger partial charge in [0.2, 0.25) is 0 Å². The lowest BCUT2D eigenvalue weighted by atomic mass is 9.75. The molecule has 2 rings (SSSR count). The Kier molecular flexibility index (Phi) is 4.22. The highest BCUT2D eigenvalue weighted by molar-refractivity contribution is 6.30. The van der Waals surface area contributed by atoms with E-state index in [1.807, 2.05) is 0 Å². The number of hydrogen-bond acceptors (Lipinski definition) is 3. The van der Waals surface area contributed by atoms with Gasteiger partial charge in [-0.2, -0.15) is 0 Å². The first kappa shape index (κ1) is 13.7. The summed E-state index contributed by atoms with van der Waals surface area (Å²) in [5.74, 6) is -0.458. The summed E-state index contributed by atoms with van der Waals surface area (Å²) in [6.45, 7) is 1.36. The van der Waals surface area contributed by atoms with Gasteiger partial charge in [0.1, 0.15) is 5.82 Å². The van der Waals surface area contributed by atoms with Crippen molar-refractivity contribution in [2.45, 2.75) is 18.9 Å². The predicted molar refractivity (Wildman–Crippen MR) is 67.9 cm³/mol. The van der Waals surface area contributed by atoms with Crippen molar-refractivity contribution in [2.24, 2.45) is 11.1 Å². The highest BCUT2D eigenvalue weighted by Gasteiger charge is 2.39. The standard InChI is InChI=1S/C13H17ClFNO2/c14-10-4-9(5-11(15)6-10)12(17)13(7-16)2-1-3-18-8-13/h4-6,12,17H,1-3,7-8,16H2. The molecule has 18 heavy (non-hydrogen) atoms. The Bertz CT molecular complexity index is 401. The van der Waals surface area contributed by atoms with Gasteiger partial charge in [-0.15, -0.1) is 0 Å². The van der Waals surface area contributed by atoms with Gasteiger partial charge in [0.25, 0.3) is 0 Å². The van der Waals surface area contributed by atoms with Crippen LogP contribution >= 0.6 is 11.6 Å². The maximum absolute atomic E-state index is 13.3. The Morgan fingerprint density at radius 2 is 2.28 bits per heavy atom. The van der Waals surface area contributed by atoms with Crippen molar-refractivity contribution < 1.29 is 14.2 Å². The normalized spacial score (nSPS) is 26.0. The van der Waals surface area contributed by atoms with Crippen LogP contribution in [0.25, 0.3) is 0 Å². The summed E-state index contributed by atoms with van der Waals surface area (Å²) < 4.78 is 18.7. The van der Waals surface area contributed by atoms with E-state index in [1.165, 1.54) is 12.1 Å². The monoisotopic (exact) mass is 273 g/mol. The van der Waals surface area contributed by atoms with Crippen LogP contribution in [-0.4, -0.2) is 24.9 Å². The Morgan fingerprint density at radius 3 is 2.83 bits per heavy atom. The summed E-state index contributed by atoms with van der Waals surface area (Å²) in [6, 6.07) is 4.08. The van der Waals surface area contributed by atoms with Crippen LogP contribution in [0.4, 0.5) is 4.39 Å². The van der Waals surface area contributed by atoms with Gasteiger partial charge >= 0.3 is 0 Å². The summed E-state index contributed by atoms with van der Waals surface area (Å²) in [5.41, 5.74) is 5.69. The SMILES string of the molecule is NCC1(C(O)c2cc(F)cc(Cl)c2)CCCOC1. The van der Waals surface area contributed by atoms with E-state index >= 15 is 0 Å². The molecule has 2 atom stereocenters. The van der Waals surface area contributed by atoms with Crippen molar-refractivity contribution in [3.05, 3.63) is 34.6 Å². The molecule has 1 aromatic rings. The average molecular weight is 274 g/mol. The summed E-state index contributed by atoms with van der Waals surface area (Å²) in [4.78, 5) is 0. The Balaban J connectivity index is 2.30. The topological polar surface area (TPSA) is 55.5 Å². The van der Waals surface area contributed by atoms with Crippen molar-refractivity contribution in [3.63, 3.8) is 0 Å². The number of nitrogens with two attached hydrogens (primary N) is 1. The number of benzene rings is 1. The van der Waals surface area contributed by atoms with Gasteiger partial charge in [0.15, 0.2) is 0 Å². The van der Waals surface area contributed by atoms with Crippen LogP contribution in [0.3, 0.4) is 0 Å². The zero-order chi connectivity index (χ0) is 13.2. The first-order valence-corrected chi connectivity index (χ1v) is 6.37. The molecule has 1 aromatic carbocycles. The molecule has 0 spiro atoms. The van der Waals surface area contributed by atoms with Crippen LogP contribution in [0.15, 0.2) is 18.2 Å². The second kappa shape index (κ2) is 5.53. The maximum Gasteiger partial charge on any atom is 0.125 e. The molecule has 0 aromatic heterocycles. The molecule has 0 radical (unpaired) electrons. The van der Waals surface area contributed by atoms with Crippen molar-refractivity contribution in [3.8, 4) is 0 Å². The van der Waals surface area contributed by atoms with E-state index in [-0.39, 0.29) is 5.02 Å². The van der Waals surface area contributed by atoms with Crippen molar-refractivity contribution >= 4 is 11.6 Å². The number of ether oxygens (including phenoxy) is 1. The molecule has 3 N–H and O–H groups in total. The molecule has 0 amide bonds. The molecule has 1 aliphatic rings. The van der Waals surface area contributed by atoms with Gasteiger partial charge in [-0.1, -0.05) is 11.6 Å². The molecule has 5 heteroatoms. The molecular weight excluding hydrogens is 257 g/mol. The van der Waals surface area contributed by atoms with Crippen molar-refractivity contribution in [2.75, 3.05) is 19.8 Å². The largest absolute Gasteiger partial charge is 0.388 e. The van der Waals surface area contributed by atoms with Gasteiger partial charge in [-0.05, 0) is 36.6 Å². The average Bonchev–Trinajstić information content (AvgIpc) is 2.37. The highest BCUT2D eigenvalue weighted by atomic mass is 35.5. The van der Waals surface area contributed by atoms with Crippen molar-refractivity contribution in [1.82, 2.24) is 0 Å². The number of aliphatic hydroxyl groups excluding tert-OH is 1.